The van der Waals surface area contributed by atoms with E-state index in [1.54, 1.807) is 7.11 Å². The fourth-order valence-corrected chi connectivity index (χ4v) is 2.47. The highest BCUT2D eigenvalue weighted by Crippen LogP contribution is 2.25. The van der Waals surface area contributed by atoms with Crippen molar-refractivity contribution < 1.29 is 4.74 Å². The van der Waals surface area contributed by atoms with E-state index in [-0.39, 0.29) is 0 Å². The molecule has 0 saturated carbocycles. The number of benzene rings is 1. The second-order valence-electron chi connectivity index (χ2n) is 4.64. The lowest BCUT2D eigenvalue weighted by Gasteiger charge is -2.04. The van der Waals surface area contributed by atoms with Crippen LogP contribution in [-0.2, 0) is 17.8 Å². The van der Waals surface area contributed by atoms with Gasteiger partial charge in [-0.15, -0.1) is 0 Å². The molecule has 1 aromatic heterocycles. The number of hydrogen-bond donors (Lipinski definition) is 1. The lowest BCUT2D eigenvalue weighted by molar-refractivity contribution is 0.190. The molecule has 2 rings (SSSR count). The van der Waals surface area contributed by atoms with Gasteiger partial charge in [-0.25, -0.2) is 0 Å². The number of halogens is 1. The van der Waals surface area contributed by atoms with Crippen LogP contribution >= 0.6 is 11.6 Å². The van der Waals surface area contributed by atoms with E-state index in [0.29, 0.717) is 0 Å². The zero-order valence-electron chi connectivity index (χ0n) is 11.6. The van der Waals surface area contributed by atoms with Gasteiger partial charge in [-0.2, -0.15) is 0 Å². The predicted molar refractivity (Wildman–Crippen MR) is 80.8 cm³/mol. The van der Waals surface area contributed by atoms with Crippen molar-refractivity contribution in [1.82, 2.24) is 9.88 Å². The van der Waals surface area contributed by atoms with Gasteiger partial charge in [0.25, 0.3) is 0 Å². The standard InChI is InChI=1S/C15H21ClN2O/c1-3-17-10-12-11-18(7-4-8-19-2)15-9-13(16)5-6-14(12)15/h5-6,9,11,17H,3-4,7-8,10H2,1-2H3. The highest BCUT2D eigenvalue weighted by molar-refractivity contribution is 6.31. The van der Waals surface area contributed by atoms with Gasteiger partial charge in [-0.05, 0) is 30.7 Å². The van der Waals surface area contributed by atoms with Gasteiger partial charge in [-0.1, -0.05) is 24.6 Å². The molecule has 4 heteroatoms. The number of nitrogens with zero attached hydrogens (tertiary/aromatic N) is 1. The van der Waals surface area contributed by atoms with Crippen LogP contribution in [0.4, 0.5) is 0 Å². The molecule has 0 spiro atoms. The summed E-state index contributed by atoms with van der Waals surface area (Å²) in [7, 11) is 1.74. The van der Waals surface area contributed by atoms with Crippen LogP contribution in [0.15, 0.2) is 24.4 Å². The summed E-state index contributed by atoms with van der Waals surface area (Å²) in [5, 5.41) is 5.45. The first-order chi connectivity index (χ1) is 9.26. The van der Waals surface area contributed by atoms with Crippen molar-refractivity contribution >= 4 is 22.5 Å². The predicted octanol–water partition coefficient (Wildman–Crippen LogP) is 3.44. The molecule has 1 N–H and O–H groups in total. The smallest absolute Gasteiger partial charge is 0.0498 e. The summed E-state index contributed by atoms with van der Waals surface area (Å²) in [5.41, 5.74) is 2.53. The molecule has 2 aromatic rings. The van der Waals surface area contributed by atoms with Crippen molar-refractivity contribution in [3.8, 4) is 0 Å². The first kappa shape index (κ1) is 14.4. The lowest BCUT2D eigenvalue weighted by Crippen LogP contribution is -2.11. The molecule has 0 atom stereocenters. The number of rotatable bonds is 7. The third-order valence-corrected chi connectivity index (χ3v) is 3.47. The summed E-state index contributed by atoms with van der Waals surface area (Å²) < 4.78 is 7.39. The van der Waals surface area contributed by atoms with Crippen LogP contribution in [0.5, 0.6) is 0 Å². The Morgan fingerprint density at radius 2 is 2.21 bits per heavy atom. The minimum Gasteiger partial charge on any atom is -0.385 e. The van der Waals surface area contributed by atoms with E-state index >= 15 is 0 Å². The normalized spacial score (nSPS) is 11.3. The van der Waals surface area contributed by atoms with E-state index in [1.807, 2.05) is 12.1 Å². The largest absolute Gasteiger partial charge is 0.385 e. The Hall–Kier alpha value is -1.03. The number of methoxy groups -OCH3 is 1. The molecule has 0 bridgehead atoms. The average molecular weight is 281 g/mol. The topological polar surface area (TPSA) is 26.2 Å². The lowest BCUT2D eigenvalue weighted by atomic mass is 10.2. The van der Waals surface area contributed by atoms with Crippen LogP contribution in [0.2, 0.25) is 5.02 Å². The SMILES string of the molecule is CCNCc1cn(CCCOC)c2cc(Cl)ccc12. The van der Waals surface area contributed by atoms with Gasteiger partial charge in [0.1, 0.15) is 0 Å². The van der Waals surface area contributed by atoms with E-state index in [1.165, 1.54) is 16.5 Å². The van der Waals surface area contributed by atoms with Crippen molar-refractivity contribution in [1.29, 1.82) is 0 Å². The molecule has 0 amide bonds. The summed E-state index contributed by atoms with van der Waals surface area (Å²) in [6.45, 7) is 5.73. The van der Waals surface area contributed by atoms with Crippen molar-refractivity contribution in [3.63, 3.8) is 0 Å². The van der Waals surface area contributed by atoms with Gasteiger partial charge in [0.15, 0.2) is 0 Å². The Morgan fingerprint density at radius 1 is 1.37 bits per heavy atom. The summed E-state index contributed by atoms with van der Waals surface area (Å²) in [6.07, 6.45) is 3.23. The quantitative estimate of drug-likeness (QED) is 0.787. The maximum absolute atomic E-state index is 6.11. The molecule has 1 heterocycles. The Balaban J connectivity index is 2.30. The van der Waals surface area contributed by atoms with Gasteiger partial charge >= 0.3 is 0 Å². The van der Waals surface area contributed by atoms with Crippen LogP contribution in [0.1, 0.15) is 18.9 Å². The van der Waals surface area contributed by atoms with E-state index in [2.05, 4.69) is 29.1 Å². The molecule has 1 aromatic carbocycles. The molecule has 104 valence electrons. The van der Waals surface area contributed by atoms with E-state index in [4.69, 9.17) is 16.3 Å². The molecule has 0 unspecified atom stereocenters. The molecule has 0 aliphatic carbocycles. The third-order valence-electron chi connectivity index (χ3n) is 3.24. The average Bonchev–Trinajstić information content (AvgIpc) is 2.74. The molecule has 19 heavy (non-hydrogen) atoms. The van der Waals surface area contributed by atoms with Gasteiger partial charge in [-0.3, -0.25) is 0 Å². The Morgan fingerprint density at radius 3 is 2.95 bits per heavy atom. The van der Waals surface area contributed by atoms with Crippen LogP contribution in [0.25, 0.3) is 10.9 Å². The number of hydrogen-bond acceptors (Lipinski definition) is 2. The van der Waals surface area contributed by atoms with E-state index < -0.39 is 0 Å². The number of aromatic nitrogens is 1. The number of aryl methyl sites for hydroxylation is 1. The maximum atomic E-state index is 6.11. The second-order valence-corrected chi connectivity index (χ2v) is 5.07. The fourth-order valence-electron chi connectivity index (χ4n) is 2.31. The molecule has 0 aliphatic rings. The first-order valence-electron chi connectivity index (χ1n) is 6.73. The summed E-state index contributed by atoms with van der Waals surface area (Å²) in [6, 6.07) is 6.11. The molecule has 0 aliphatic heterocycles. The zero-order valence-corrected chi connectivity index (χ0v) is 12.3. The molecule has 0 saturated heterocycles. The second kappa shape index (κ2) is 6.94. The molecular formula is C15H21ClN2O. The maximum Gasteiger partial charge on any atom is 0.0498 e. The summed E-state index contributed by atoms with van der Waals surface area (Å²) >= 11 is 6.11. The van der Waals surface area contributed by atoms with Gasteiger partial charge < -0.3 is 14.6 Å². The highest BCUT2D eigenvalue weighted by atomic mass is 35.5. The fraction of sp³-hybridized carbons (Fsp3) is 0.467. The van der Waals surface area contributed by atoms with Crippen molar-refractivity contribution in [2.45, 2.75) is 26.4 Å². The van der Waals surface area contributed by atoms with Crippen LogP contribution in [-0.4, -0.2) is 24.8 Å². The zero-order chi connectivity index (χ0) is 13.7. The van der Waals surface area contributed by atoms with Crippen LogP contribution in [0.3, 0.4) is 0 Å². The Kier molecular flexibility index (Phi) is 5.25. The van der Waals surface area contributed by atoms with Crippen LogP contribution < -0.4 is 5.32 Å². The van der Waals surface area contributed by atoms with E-state index in [9.17, 15) is 0 Å². The third kappa shape index (κ3) is 3.50. The molecule has 3 nitrogen and oxygen atoms in total. The number of ether oxygens (including phenoxy) is 1. The van der Waals surface area contributed by atoms with Crippen molar-refractivity contribution in [2.75, 3.05) is 20.3 Å². The molecular weight excluding hydrogens is 260 g/mol. The summed E-state index contributed by atoms with van der Waals surface area (Å²) in [5.74, 6) is 0. The van der Waals surface area contributed by atoms with Crippen molar-refractivity contribution in [2.24, 2.45) is 0 Å². The highest BCUT2D eigenvalue weighted by Gasteiger charge is 2.08. The monoisotopic (exact) mass is 280 g/mol. The first-order valence-corrected chi connectivity index (χ1v) is 7.11. The number of fused-ring (bicyclic) bond motifs is 1. The summed E-state index contributed by atoms with van der Waals surface area (Å²) in [4.78, 5) is 0. The minimum absolute atomic E-state index is 0.781. The van der Waals surface area contributed by atoms with Crippen molar-refractivity contribution in [3.05, 3.63) is 35.0 Å². The Labute approximate surface area is 119 Å². The Bertz CT molecular complexity index is 536. The van der Waals surface area contributed by atoms with Crippen LogP contribution in [0, 0.1) is 0 Å². The molecule has 0 fully saturated rings. The van der Waals surface area contributed by atoms with Gasteiger partial charge in [0.2, 0.25) is 0 Å². The van der Waals surface area contributed by atoms with Gasteiger partial charge in [0, 0.05) is 48.9 Å². The minimum atomic E-state index is 0.781. The van der Waals surface area contributed by atoms with E-state index in [0.717, 1.165) is 37.7 Å². The molecule has 0 radical (unpaired) electrons. The number of nitrogens with one attached hydrogen (secondary N) is 1. The van der Waals surface area contributed by atoms with Gasteiger partial charge in [0.05, 0.1) is 0 Å².